The normalized spacial score (nSPS) is 14.1. The maximum atomic E-state index is 6.17. The lowest BCUT2D eigenvalue weighted by Crippen LogP contribution is -2.43. The highest BCUT2D eigenvalue weighted by Gasteiger charge is 2.21. The van der Waals surface area contributed by atoms with E-state index in [2.05, 4.69) is 44.9 Å². The third-order valence-electron chi connectivity index (χ3n) is 2.99. The number of rotatable bonds is 4. The Bertz CT molecular complexity index is 340. The Morgan fingerprint density at radius 1 is 1.24 bits per heavy atom. The lowest BCUT2D eigenvalue weighted by atomic mass is 9.87. The molecule has 0 saturated carbocycles. The van der Waals surface area contributed by atoms with Gasteiger partial charge in [-0.3, -0.25) is 0 Å². The molecule has 0 aliphatic carbocycles. The van der Waals surface area contributed by atoms with Crippen LogP contribution in [0.4, 0.5) is 0 Å². The van der Waals surface area contributed by atoms with Crippen LogP contribution in [0.15, 0.2) is 24.3 Å². The van der Waals surface area contributed by atoms with Crippen molar-refractivity contribution in [3.05, 3.63) is 34.9 Å². The first kappa shape index (κ1) is 14.5. The molecule has 0 fully saturated rings. The molecule has 2 N–H and O–H groups in total. The molecule has 17 heavy (non-hydrogen) atoms. The van der Waals surface area contributed by atoms with Gasteiger partial charge in [-0.05, 0) is 30.2 Å². The maximum Gasteiger partial charge on any atom is 0.0406 e. The average molecular weight is 255 g/mol. The predicted molar refractivity (Wildman–Crippen MR) is 75.2 cm³/mol. The fourth-order valence-corrected chi connectivity index (χ4v) is 1.70. The highest BCUT2D eigenvalue weighted by atomic mass is 35.5. The summed E-state index contributed by atoms with van der Waals surface area (Å²) in [6.07, 6.45) is 0. The zero-order valence-corrected chi connectivity index (χ0v) is 12.0. The second kappa shape index (κ2) is 5.85. The van der Waals surface area contributed by atoms with Crippen LogP contribution in [0.3, 0.4) is 0 Å². The van der Waals surface area contributed by atoms with Gasteiger partial charge in [-0.25, -0.2) is 0 Å². The zero-order chi connectivity index (χ0) is 13.1. The molecular formula is C14H23ClN2. The monoisotopic (exact) mass is 254 g/mol. The van der Waals surface area contributed by atoms with Crippen LogP contribution in [-0.2, 0) is 6.54 Å². The van der Waals surface area contributed by atoms with Crippen LogP contribution in [0.25, 0.3) is 0 Å². The summed E-state index contributed by atoms with van der Waals surface area (Å²) in [4.78, 5) is 2.25. The van der Waals surface area contributed by atoms with E-state index in [9.17, 15) is 0 Å². The zero-order valence-electron chi connectivity index (χ0n) is 11.2. The van der Waals surface area contributed by atoms with Gasteiger partial charge in [-0.2, -0.15) is 0 Å². The first-order valence-corrected chi connectivity index (χ1v) is 6.35. The van der Waals surface area contributed by atoms with E-state index in [1.54, 1.807) is 0 Å². The Kier molecular flexibility index (Phi) is 4.99. The molecule has 0 aliphatic rings. The van der Waals surface area contributed by atoms with Crippen molar-refractivity contribution < 1.29 is 0 Å². The number of nitrogens with two attached hydrogens (primary N) is 1. The van der Waals surface area contributed by atoms with Crippen molar-refractivity contribution in [1.82, 2.24) is 4.90 Å². The van der Waals surface area contributed by atoms with Gasteiger partial charge in [0.1, 0.15) is 0 Å². The Hall–Kier alpha value is -0.570. The summed E-state index contributed by atoms with van der Waals surface area (Å²) < 4.78 is 0. The quantitative estimate of drug-likeness (QED) is 0.895. The van der Waals surface area contributed by atoms with Crippen molar-refractivity contribution in [1.29, 1.82) is 0 Å². The number of hydrogen-bond acceptors (Lipinski definition) is 2. The summed E-state index contributed by atoms with van der Waals surface area (Å²) in [5.74, 6) is 0. The Morgan fingerprint density at radius 3 is 2.24 bits per heavy atom. The largest absolute Gasteiger partial charge is 0.326 e. The molecule has 0 aromatic heterocycles. The van der Waals surface area contributed by atoms with Crippen molar-refractivity contribution in [2.45, 2.75) is 33.4 Å². The van der Waals surface area contributed by atoms with Gasteiger partial charge in [0, 0.05) is 24.2 Å². The summed E-state index contributed by atoms with van der Waals surface area (Å²) in [5, 5.41) is 0.780. The van der Waals surface area contributed by atoms with Gasteiger partial charge < -0.3 is 10.6 Å². The Labute approximate surface area is 110 Å². The van der Waals surface area contributed by atoms with Crippen LogP contribution in [0, 0.1) is 5.41 Å². The molecule has 1 aromatic carbocycles. The van der Waals surface area contributed by atoms with Gasteiger partial charge in [0.15, 0.2) is 0 Å². The lowest BCUT2D eigenvalue weighted by molar-refractivity contribution is 0.222. The van der Waals surface area contributed by atoms with E-state index in [1.807, 2.05) is 12.1 Å². The van der Waals surface area contributed by atoms with E-state index < -0.39 is 0 Å². The molecule has 0 bridgehead atoms. The summed E-state index contributed by atoms with van der Waals surface area (Å²) in [5.41, 5.74) is 7.58. The van der Waals surface area contributed by atoms with Crippen molar-refractivity contribution >= 4 is 11.6 Å². The van der Waals surface area contributed by atoms with Gasteiger partial charge in [0.05, 0.1) is 0 Å². The smallest absolute Gasteiger partial charge is 0.0406 e. The van der Waals surface area contributed by atoms with Crippen LogP contribution in [0.1, 0.15) is 26.3 Å². The fourth-order valence-electron chi connectivity index (χ4n) is 1.58. The third kappa shape index (κ3) is 5.07. The molecular weight excluding hydrogens is 232 g/mol. The van der Waals surface area contributed by atoms with Crippen molar-refractivity contribution in [2.75, 3.05) is 13.6 Å². The Morgan fingerprint density at radius 2 is 1.76 bits per heavy atom. The molecule has 1 aromatic rings. The van der Waals surface area contributed by atoms with Crippen LogP contribution in [0.2, 0.25) is 5.02 Å². The van der Waals surface area contributed by atoms with Gasteiger partial charge in [-0.15, -0.1) is 0 Å². The first-order valence-electron chi connectivity index (χ1n) is 5.97. The molecule has 0 amide bonds. The summed E-state index contributed by atoms with van der Waals surface area (Å²) >= 11 is 5.86. The lowest BCUT2D eigenvalue weighted by Gasteiger charge is -2.31. The van der Waals surface area contributed by atoms with Crippen LogP contribution >= 0.6 is 11.6 Å². The van der Waals surface area contributed by atoms with E-state index in [0.29, 0.717) is 0 Å². The number of benzene rings is 1. The number of nitrogens with zero attached hydrogens (tertiary/aromatic N) is 1. The minimum absolute atomic E-state index is 0.147. The molecule has 0 heterocycles. The van der Waals surface area contributed by atoms with Gasteiger partial charge in [0.2, 0.25) is 0 Å². The summed E-state index contributed by atoms with van der Waals surface area (Å²) in [6.45, 7) is 8.32. The number of halogens is 1. The van der Waals surface area contributed by atoms with E-state index in [-0.39, 0.29) is 11.5 Å². The molecule has 2 nitrogen and oxygen atoms in total. The topological polar surface area (TPSA) is 29.3 Å². The van der Waals surface area contributed by atoms with Crippen LogP contribution in [0.5, 0.6) is 0 Å². The molecule has 3 heteroatoms. The SMILES string of the molecule is CN(Cc1ccc(Cl)cc1)CC(N)C(C)(C)C. The molecule has 1 atom stereocenters. The highest BCUT2D eigenvalue weighted by Crippen LogP contribution is 2.18. The second-order valence-corrected chi connectivity index (χ2v) is 6.23. The minimum atomic E-state index is 0.147. The second-order valence-electron chi connectivity index (χ2n) is 5.80. The maximum absolute atomic E-state index is 6.17. The van der Waals surface area contributed by atoms with E-state index in [0.717, 1.165) is 18.1 Å². The predicted octanol–water partition coefficient (Wildman–Crippen LogP) is 3.15. The molecule has 1 unspecified atom stereocenters. The molecule has 96 valence electrons. The highest BCUT2D eigenvalue weighted by molar-refractivity contribution is 6.30. The van der Waals surface area contributed by atoms with Crippen molar-refractivity contribution in [2.24, 2.45) is 11.1 Å². The fraction of sp³-hybridized carbons (Fsp3) is 0.571. The van der Waals surface area contributed by atoms with Gasteiger partial charge in [0.25, 0.3) is 0 Å². The van der Waals surface area contributed by atoms with E-state index >= 15 is 0 Å². The third-order valence-corrected chi connectivity index (χ3v) is 3.24. The van der Waals surface area contributed by atoms with Crippen molar-refractivity contribution in [3.8, 4) is 0 Å². The average Bonchev–Trinajstić information content (AvgIpc) is 2.20. The summed E-state index contributed by atoms with van der Waals surface area (Å²) in [6, 6.07) is 8.14. The minimum Gasteiger partial charge on any atom is -0.326 e. The molecule has 0 saturated heterocycles. The molecule has 1 rings (SSSR count). The molecule has 0 spiro atoms. The number of hydrogen-bond donors (Lipinski definition) is 1. The van der Waals surface area contributed by atoms with Gasteiger partial charge >= 0.3 is 0 Å². The first-order chi connectivity index (χ1) is 7.79. The van der Waals surface area contributed by atoms with E-state index in [4.69, 9.17) is 17.3 Å². The summed E-state index contributed by atoms with van der Waals surface area (Å²) in [7, 11) is 2.10. The number of likely N-dealkylation sites (N-methyl/N-ethyl adjacent to an activating group) is 1. The molecule has 0 aliphatic heterocycles. The van der Waals surface area contributed by atoms with Gasteiger partial charge in [-0.1, -0.05) is 44.5 Å². The van der Waals surface area contributed by atoms with Crippen LogP contribution < -0.4 is 5.73 Å². The molecule has 0 radical (unpaired) electrons. The standard InChI is InChI=1S/C14H23ClN2/c1-14(2,3)13(16)10-17(4)9-11-5-7-12(15)8-6-11/h5-8,13H,9-10,16H2,1-4H3. The van der Waals surface area contributed by atoms with E-state index in [1.165, 1.54) is 5.56 Å². The Balaban J connectivity index is 2.50. The van der Waals surface area contributed by atoms with Crippen LogP contribution in [-0.4, -0.2) is 24.5 Å². The van der Waals surface area contributed by atoms with Crippen molar-refractivity contribution in [3.63, 3.8) is 0 Å².